The number of aryl methyl sites for hydroxylation is 1. The Kier molecular flexibility index (Phi) is 7.67. The second-order valence-corrected chi connectivity index (χ2v) is 8.44. The number of hydrogen-bond acceptors (Lipinski definition) is 2. The van der Waals surface area contributed by atoms with Crippen LogP contribution in [0, 0.1) is 0 Å². The predicted octanol–water partition coefficient (Wildman–Crippen LogP) is -0.0441. The van der Waals surface area contributed by atoms with Crippen LogP contribution < -0.4 is 20.0 Å². The third-order valence-electron chi connectivity index (χ3n) is 6.04. The summed E-state index contributed by atoms with van der Waals surface area (Å²) in [4.78, 5) is 17.8. The number of likely N-dealkylation sites (N-methyl/N-ethyl adjacent to an activating group) is 1. The Morgan fingerprint density at radius 2 is 1.66 bits per heavy atom. The van der Waals surface area contributed by atoms with Crippen LogP contribution in [-0.2, 0) is 11.2 Å². The van der Waals surface area contributed by atoms with Gasteiger partial charge in [-0.15, -0.1) is 0 Å². The summed E-state index contributed by atoms with van der Waals surface area (Å²) in [7, 11) is 6.39. The van der Waals surface area contributed by atoms with Crippen LogP contribution in [0.2, 0.25) is 0 Å². The fraction of sp³-hybridized carbons (Fsp3) is 0.458. The maximum atomic E-state index is 12.5. The van der Waals surface area contributed by atoms with Gasteiger partial charge in [-0.25, -0.2) is 0 Å². The van der Waals surface area contributed by atoms with Crippen LogP contribution in [0.5, 0.6) is 0 Å². The van der Waals surface area contributed by atoms with Crippen LogP contribution in [-0.4, -0.2) is 59.8 Å². The van der Waals surface area contributed by atoms with Crippen molar-refractivity contribution in [2.45, 2.75) is 18.9 Å². The van der Waals surface area contributed by atoms with Gasteiger partial charge in [0.2, 0.25) is 5.91 Å². The van der Waals surface area contributed by atoms with Crippen LogP contribution in [0.1, 0.15) is 23.6 Å². The van der Waals surface area contributed by atoms with Crippen molar-refractivity contribution in [1.29, 1.82) is 0 Å². The van der Waals surface area contributed by atoms with Gasteiger partial charge in [0.15, 0.2) is 0 Å². The molecule has 5 nitrogen and oxygen atoms in total. The van der Waals surface area contributed by atoms with Crippen molar-refractivity contribution in [1.82, 2.24) is 5.32 Å². The van der Waals surface area contributed by atoms with E-state index in [-0.39, 0.29) is 5.91 Å². The summed E-state index contributed by atoms with van der Waals surface area (Å²) in [5, 5.41) is 3.22. The van der Waals surface area contributed by atoms with Gasteiger partial charge in [0.25, 0.3) is 0 Å². The molecule has 3 N–H and O–H groups in total. The van der Waals surface area contributed by atoms with Gasteiger partial charge in [0, 0.05) is 31.8 Å². The molecule has 0 bridgehead atoms. The summed E-state index contributed by atoms with van der Waals surface area (Å²) in [6.45, 7) is 5.36. The Morgan fingerprint density at radius 1 is 1.00 bits per heavy atom. The summed E-state index contributed by atoms with van der Waals surface area (Å²) in [5.74, 6) is 0.142. The summed E-state index contributed by atoms with van der Waals surface area (Å²) in [6.07, 6.45) is 1.33. The second kappa shape index (κ2) is 10.4. The molecule has 0 aliphatic carbocycles. The van der Waals surface area contributed by atoms with Crippen LogP contribution in [0.25, 0.3) is 0 Å². The van der Waals surface area contributed by atoms with E-state index in [4.69, 9.17) is 0 Å². The zero-order valence-corrected chi connectivity index (χ0v) is 18.1. The Hall–Kier alpha value is -2.37. The number of carbonyl (C=O) groups is 1. The number of amides is 1. The number of anilines is 1. The number of carbonyl (C=O) groups excluding carboxylic acids is 1. The van der Waals surface area contributed by atoms with Gasteiger partial charge in [-0.2, -0.15) is 0 Å². The minimum Gasteiger partial charge on any atom is -0.378 e. The molecule has 1 atom stereocenters. The SMILES string of the molecule is CN(C)c1ccc([C@H](CNC(=O)CCc2ccccc2)[NH+]2CC[NH+](C)CC2)cc1. The van der Waals surface area contributed by atoms with E-state index in [1.807, 2.05) is 18.2 Å². The lowest BCUT2D eigenvalue weighted by molar-refractivity contribution is -1.02. The van der Waals surface area contributed by atoms with Crippen molar-refractivity contribution in [2.24, 2.45) is 0 Å². The van der Waals surface area contributed by atoms with Crippen LogP contribution in [0.4, 0.5) is 5.69 Å². The number of hydrogen-bond donors (Lipinski definition) is 3. The average molecular weight is 397 g/mol. The van der Waals surface area contributed by atoms with Crippen molar-refractivity contribution in [2.75, 3.05) is 58.8 Å². The smallest absolute Gasteiger partial charge is 0.220 e. The first kappa shape index (κ1) is 21.3. The van der Waals surface area contributed by atoms with E-state index in [2.05, 4.69) is 67.8 Å². The van der Waals surface area contributed by atoms with E-state index in [0.717, 1.165) is 19.5 Å². The highest BCUT2D eigenvalue weighted by molar-refractivity contribution is 5.76. The summed E-state index contributed by atoms with van der Waals surface area (Å²) >= 11 is 0. The highest BCUT2D eigenvalue weighted by atomic mass is 16.1. The monoisotopic (exact) mass is 396 g/mol. The largest absolute Gasteiger partial charge is 0.378 e. The van der Waals surface area contributed by atoms with E-state index < -0.39 is 0 Å². The predicted molar refractivity (Wildman–Crippen MR) is 119 cm³/mol. The molecule has 2 aromatic carbocycles. The molecular weight excluding hydrogens is 360 g/mol. The quantitative estimate of drug-likeness (QED) is 0.586. The lowest BCUT2D eigenvalue weighted by Crippen LogP contribution is -3.27. The first-order valence-electron chi connectivity index (χ1n) is 10.8. The fourth-order valence-corrected chi connectivity index (χ4v) is 4.06. The van der Waals surface area contributed by atoms with Crippen LogP contribution in [0.3, 0.4) is 0 Å². The maximum Gasteiger partial charge on any atom is 0.220 e. The molecular formula is C24H36N4O+2. The van der Waals surface area contributed by atoms with E-state index in [9.17, 15) is 4.79 Å². The molecule has 156 valence electrons. The third-order valence-corrected chi connectivity index (χ3v) is 6.04. The zero-order chi connectivity index (χ0) is 20.6. The van der Waals surface area contributed by atoms with Gasteiger partial charge in [-0.3, -0.25) is 4.79 Å². The van der Waals surface area contributed by atoms with E-state index >= 15 is 0 Å². The molecule has 1 heterocycles. The summed E-state index contributed by atoms with van der Waals surface area (Å²) < 4.78 is 0. The standard InChI is InChI=1S/C24H34N4O/c1-26(2)22-12-10-21(11-13-22)23(28-17-15-27(3)16-18-28)19-25-24(29)14-9-20-7-5-4-6-8-20/h4-8,10-13,23H,9,14-19H2,1-3H3,(H,25,29)/p+2/t23-/m0/s1. The summed E-state index contributed by atoms with van der Waals surface area (Å²) in [6, 6.07) is 19.4. The number of nitrogens with one attached hydrogen (secondary N) is 3. The minimum absolute atomic E-state index is 0.142. The van der Waals surface area contributed by atoms with Crippen molar-refractivity contribution >= 4 is 11.6 Å². The Balaban J connectivity index is 1.62. The van der Waals surface area contributed by atoms with E-state index in [1.165, 1.54) is 29.9 Å². The molecule has 0 spiro atoms. The van der Waals surface area contributed by atoms with E-state index in [0.29, 0.717) is 19.0 Å². The van der Waals surface area contributed by atoms with Crippen LogP contribution >= 0.6 is 0 Å². The Morgan fingerprint density at radius 3 is 2.28 bits per heavy atom. The second-order valence-electron chi connectivity index (χ2n) is 8.44. The average Bonchev–Trinajstić information content (AvgIpc) is 2.74. The molecule has 1 aliphatic heterocycles. The van der Waals surface area contributed by atoms with E-state index in [1.54, 1.807) is 9.80 Å². The molecule has 3 rings (SSSR count). The van der Waals surface area contributed by atoms with Crippen molar-refractivity contribution in [3.05, 3.63) is 65.7 Å². The molecule has 29 heavy (non-hydrogen) atoms. The summed E-state index contributed by atoms with van der Waals surface area (Å²) in [5.41, 5.74) is 3.73. The molecule has 1 aliphatic rings. The highest BCUT2D eigenvalue weighted by Gasteiger charge is 2.29. The van der Waals surface area contributed by atoms with Gasteiger partial charge in [0.05, 0.1) is 13.6 Å². The van der Waals surface area contributed by atoms with Gasteiger partial charge >= 0.3 is 0 Å². The molecule has 1 saturated heterocycles. The fourth-order valence-electron chi connectivity index (χ4n) is 4.06. The van der Waals surface area contributed by atoms with Gasteiger partial charge < -0.3 is 20.0 Å². The topological polar surface area (TPSA) is 41.2 Å². The normalized spacial score (nSPS) is 20.1. The molecule has 0 saturated carbocycles. The van der Waals surface area contributed by atoms with Gasteiger partial charge in [-0.05, 0) is 24.1 Å². The number of piperazine rings is 1. The number of nitrogens with zero attached hydrogens (tertiary/aromatic N) is 1. The number of quaternary nitrogens is 2. The molecule has 0 aromatic heterocycles. The minimum atomic E-state index is 0.142. The number of rotatable bonds is 8. The highest BCUT2D eigenvalue weighted by Crippen LogP contribution is 2.16. The number of benzene rings is 2. The van der Waals surface area contributed by atoms with Crippen molar-refractivity contribution in [3.8, 4) is 0 Å². The molecule has 0 unspecified atom stereocenters. The molecule has 1 fully saturated rings. The van der Waals surface area contributed by atoms with Gasteiger partial charge in [0.1, 0.15) is 32.2 Å². The zero-order valence-electron chi connectivity index (χ0n) is 18.1. The van der Waals surface area contributed by atoms with Crippen molar-refractivity contribution in [3.63, 3.8) is 0 Å². The maximum absolute atomic E-state index is 12.5. The molecule has 0 radical (unpaired) electrons. The first-order valence-corrected chi connectivity index (χ1v) is 10.8. The Labute approximate surface area is 175 Å². The lowest BCUT2D eigenvalue weighted by Gasteiger charge is -2.33. The van der Waals surface area contributed by atoms with Crippen LogP contribution in [0.15, 0.2) is 54.6 Å². The van der Waals surface area contributed by atoms with Crippen molar-refractivity contribution < 1.29 is 14.6 Å². The molecule has 5 heteroatoms. The van der Waals surface area contributed by atoms with Gasteiger partial charge in [-0.1, -0.05) is 42.5 Å². The Bertz CT molecular complexity index is 752. The lowest BCUT2D eigenvalue weighted by atomic mass is 10.0. The molecule has 1 amide bonds. The first-order chi connectivity index (χ1) is 14.0. The molecule has 2 aromatic rings. The third kappa shape index (κ3) is 6.31.